The molecule has 0 aliphatic rings. The second-order valence-corrected chi connectivity index (χ2v) is 14.7. The van der Waals surface area contributed by atoms with Gasteiger partial charge in [0.2, 0.25) is 0 Å². The summed E-state index contributed by atoms with van der Waals surface area (Å²) in [6.45, 7) is 4.10. The zero-order valence-corrected chi connectivity index (χ0v) is 32.3. The molecule has 0 fully saturated rings. The maximum Gasteiger partial charge on any atom is 0.472 e. The smallest absolute Gasteiger partial charge is 0.462 e. The number of carbonyl (C=O) groups is 2. The van der Waals surface area contributed by atoms with E-state index in [0.717, 1.165) is 83.5 Å². The first-order chi connectivity index (χ1) is 23.5. The molecule has 0 aliphatic heterocycles. The Hall–Kier alpha value is -2.29. The van der Waals surface area contributed by atoms with Gasteiger partial charge in [-0.1, -0.05) is 113 Å². The molecular formula is C39H69NO8P+. The summed E-state index contributed by atoms with van der Waals surface area (Å²) >= 11 is 0. The summed E-state index contributed by atoms with van der Waals surface area (Å²) in [7, 11) is 1.44. The van der Waals surface area contributed by atoms with Gasteiger partial charge in [-0.05, 0) is 57.8 Å². The van der Waals surface area contributed by atoms with Crippen LogP contribution in [0.2, 0.25) is 0 Å². The van der Waals surface area contributed by atoms with Gasteiger partial charge in [0.05, 0.1) is 27.7 Å². The van der Waals surface area contributed by atoms with Crippen molar-refractivity contribution >= 4 is 19.8 Å². The third-order valence-electron chi connectivity index (χ3n) is 7.35. The molecule has 0 bridgehead atoms. The van der Waals surface area contributed by atoms with Gasteiger partial charge < -0.3 is 18.9 Å². The number of unbranched alkanes of at least 4 members (excludes halogenated alkanes) is 10. The molecule has 0 amide bonds. The Kier molecular flexibility index (Phi) is 30.2. The number of ether oxygens (including phenoxy) is 2. The lowest BCUT2D eigenvalue weighted by molar-refractivity contribution is -0.870. The van der Waals surface area contributed by atoms with Crippen molar-refractivity contribution in [1.82, 2.24) is 0 Å². The van der Waals surface area contributed by atoms with Gasteiger partial charge in [-0.3, -0.25) is 18.6 Å². The molecular weight excluding hydrogens is 641 g/mol. The highest BCUT2D eigenvalue weighted by Crippen LogP contribution is 2.43. The van der Waals surface area contributed by atoms with Crippen LogP contribution < -0.4 is 0 Å². The Morgan fingerprint density at radius 3 is 1.84 bits per heavy atom. The minimum absolute atomic E-state index is 0.0219. The van der Waals surface area contributed by atoms with E-state index >= 15 is 0 Å². The van der Waals surface area contributed by atoms with Crippen LogP contribution in [0.25, 0.3) is 0 Å². The number of carbonyl (C=O) groups excluding carboxylic acids is 2. The molecule has 10 heteroatoms. The van der Waals surface area contributed by atoms with Crippen LogP contribution in [0.3, 0.4) is 0 Å². The molecule has 1 N–H and O–H groups in total. The Morgan fingerprint density at radius 1 is 0.653 bits per heavy atom. The molecule has 0 aromatic rings. The van der Waals surface area contributed by atoms with Crippen molar-refractivity contribution in [1.29, 1.82) is 0 Å². The van der Waals surface area contributed by atoms with E-state index in [2.05, 4.69) is 56.4 Å². The van der Waals surface area contributed by atoms with Crippen LogP contribution in [0.5, 0.6) is 0 Å². The van der Waals surface area contributed by atoms with E-state index in [9.17, 15) is 19.0 Å². The van der Waals surface area contributed by atoms with Gasteiger partial charge in [0, 0.05) is 12.8 Å². The van der Waals surface area contributed by atoms with E-state index in [-0.39, 0.29) is 26.1 Å². The summed E-state index contributed by atoms with van der Waals surface area (Å²) < 4.78 is 34.1. The monoisotopic (exact) mass is 710 g/mol. The lowest BCUT2D eigenvalue weighted by Gasteiger charge is -2.24. The summed E-state index contributed by atoms with van der Waals surface area (Å²) in [5.74, 6) is -0.850. The van der Waals surface area contributed by atoms with Crippen LogP contribution in [-0.4, -0.2) is 74.9 Å². The maximum atomic E-state index is 12.6. The maximum absolute atomic E-state index is 12.6. The number of hydrogen-bond acceptors (Lipinski definition) is 7. The summed E-state index contributed by atoms with van der Waals surface area (Å²) in [6, 6.07) is 0. The molecule has 0 heterocycles. The first-order valence-electron chi connectivity index (χ1n) is 18.5. The standard InChI is InChI=1S/C39H68NO8P/c1-6-8-10-12-14-16-18-20-22-24-26-28-30-32-39(42)48-37(36-47-49(43,44)46-34-33-40(3,4)5)35-45-38(41)31-29-27-25-23-21-19-17-15-13-11-9-7-2/h8-12,14-18,37H,6-7,13,19-36H2,1-5H3/p+1/b10-8+,11-9+,14-12+,17-15+,18-16+. The third kappa shape index (κ3) is 35.3. The minimum Gasteiger partial charge on any atom is -0.462 e. The first-order valence-corrected chi connectivity index (χ1v) is 20.0. The summed E-state index contributed by atoms with van der Waals surface area (Å²) in [5.41, 5.74) is 0. The highest BCUT2D eigenvalue weighted by atomic mass is 31.2. The van der Waals surface area contributed by atoms with E-state index in [1.807, 2.05) is 39.4 Å². The lowest BCUT2D eigenvalue weighted by Crippen LogP contribution is -2.37. The number of rotatable bonds is 32. The van der Waals surface area contributed by atoms with Crippen molar-refractivity contribution in [2.45, 2.75) is 129 Å². The molecule has 9 nitrogen and oxygen atoms in total. The molecule has 0 aromatic heterocycles. The van der Waals surface area contributed by atoms with Crippen LogP contribution in [0.15, 0.2) is 60.8 Å². The van der Waals surface area contributed by atoms with E-state index in [0.29, 0.717) is 23.9 Å². The van der Waals surface area contributed by atoms with Crippen molar-refractivity contribution < 1.29 is 42.1 Å². The van der Waals surface area contributed by atoms with E-state index in [1.54, 1.807) is 0 Å². The second-order valence-electron chi connectivity index (χ2n) is 13.3. The van der Waals surface area contributed by atoms with Crippen molar-refractivity contribution in [3.05, 3.63) is 60.8 Å². The normalized spacial score (nSPS) is 14.5. The van der Waals surface area contributed by atoms with Crippen LogP contribution in [-0.2, 0) is 32.7 Å². The number of quaternary nitrogens is 1. The zero-order chi connectivity index (χ0) is 36.5. The Balaban J connectivity index is 4.53. The van der Waals surface area contributed by atoms with E-state index in [1.165, 1.54) is 0 Å². The van der Waals surface area contributed by atoms with Gasteiger partial charge in [-0.2, -0.15) is 0 Å². The van der Waals surface area contributed by atoms with E-state index in [4.69, 9.17) is 18.5 Å². The second kappa shape index (κ2) is 31.7. The fraction of sp³-hybridized carbons (Fsp3) is 0.692. The summed E-state index contributed by atoms with van der Waals surface area (Å²) in [6.07, 6.45) is 35.6. The van der Waals surface area contributed by atoms with Gasteiger partial charge in [-0.15, -0.1) is 0 Å². The fourth-order valence-electron chi connectivity index (χ4n) is 4.46. The predicted octanol–water partition coefficient (Wildman–Crippen LogP) is 9.73. The first kappa shape index (κ1) is 46.7. The number of esters is 2. The molecule has 0 saturated carbocycles. The Labute approximate surface area is 298 Å². The summed E-state index contributed by atoms with van der Waals surface area (Å²) in [4.78, 5) is 35.1. The zero-order valence-electron chi connectivity index (χ0n) is 31.4. The Morgan fingerprint density at radius 2 is 1.20 bits per heavy atom. The molecule has 0 radical (unpaired) electrons. The number of likely N-dealkylation sites (N-methyl/N-ethyl adjacent to an activating group) is 1. The van der Waals surface area contributed by atoms with Crippen molar-refractivity contribution in [2.24, 2.45) is 0 Å². The molecule has 2 atom stereocenters. The van der Waals surface area contributed by atoms with Crippen LogP contribution >= 0.6 is 7.82 Å². The average molecular weight is 711 g/mol. The van der Waals surface area contributed by atoms with Gasteiger partial charge in [0.15, 0.2) is 6.10 Å². The van der Waals surface area contributed by atoms with E-state index < -0.39 is 32.5 Å². The molecule has 0 aliphatic carbocycles. The van der Waals surface area contributed by atoms with Crippen molar-refractivity contribution in [2.75, 3.05) is 47.5 Å². The molecule has 0 saturated heterocycles. The molecule has 0 spiro atoms. The SMILES string of the molecule is CC/C=C/C=C/C=C/CCCCCCCC(=O)OC(COC(=O)CCCCCCC/C=C/C/C=C/CC)COP(=O)(O)OCC[N+](C)(C)C. The van der Waals surface area contributed by atoms with Crippen LogP contribution in [0, 0.1) is 0 Å². The van der Waals surface area contributed by atoms with Gasteiger partial charge in [-0.25, -0.2) is 4.57 Å². The molecule has 0 rings (SSSR count). The molecule has 2 unspecified atom stereocenters. The molecule has 49 heavy (non-hydrogen) atoms. The highest BCUT2D eigenvalue weighted by molar-refractivity contribution is 7.47. The lowest BCUT2D eigenvalue weighted by atomic mass is 10.1. The predicted molar refractivity (Wildman–Crippen MR) is 201 cm³/mol. The quantitative estimate of drug-likeness (QED) is 0.0184. The average Bonchev–Trinajstić information content (AvgIpc) is 3.04. The largest absolute Gasteiger partial charge is 0.472 e. The Bertz CT molecular complexity index is 1030. The van der Waals surface area contributed by atoms with Crippen molar-refractivity contribution in [3.8, 4) is 0 Å². The molecule has 282 valence electrons. The van der Waals surface area contributed by atoms with Crippen molar-refractivity contribution in [3.63, 3.8) is 0 Å². The number of phosphoric ester groups is 1. The number of hydrogen-bond donors (Lipinski definition) is 1. The van der Waals surface area contributed by atoms with Crippen LogP contribution in [0.4, 0.5) is 0 Å². The van der Waals surface area contributed by atoms with Crippen LogP contribution in [0.1, 0.15) is 123 Å². The van der Waals surface area contributed by atoms with Gasteiger partial charge in [0.25, 0.3) is 0 Å². The number of nitrogens with zero attached hydrogens (tertiary/aromatic N) is 1. The molecule has 0 aromatic carbocycles. The highest BCUT2D eigenvalue weighted by Gasteiger charge is 2.27. The minimum atomic E-state index is -4.38. The topological polar surface area (TPSA) is 108 Å². The summed E-state index contributed by atoms with van der Waals surface area (Å²) in [5, 5.41) is 0. The number of phosphoric acid groups is 1. The number of allylic oxidation sites excluding steroid dienone is 10. The fourth-order valence-corrected chi connectivity index (χ4v) is 5.20. The van der Waals surface area contributed by atoms with Gasteiger partial charge >= 0.3 is 19.8 Å². The van der Waals surface area contributed by atoms with Gasteiger partial charge in [0.1, 0.15) is 19.8 Å². The third-order valence-corrected chi connectivity index (χ3v) is 8.34.